The van der Waals surface area contributed by atoms with Crippen LogP contribution in [0, 0.1) is 0 Å². The van der Waals surface area contributed by atoms with Crippen LogP contribution in [0.4, 0.5) is 0 Å². The number of rotatable bonds is 2. The molecule has 138 valence electrons. The SMILES string of the molecule is CC(C)(C)N(NC(=O)c1cc(Cl)ccc1Cl)C(=O)c1cc(Cl)ccc1Cl. The third-order valence-corrected chi connectivity index (χ3v) is 4.55. The molecule has 26 heavy (non-hydrogen) atoms. The average molecular weight is 434 g/mol. The van der Waals surface area contributed by atoms with Crippen LogP contribution in [0.3, 0.4) is 0 Å². The molecule has 0 saturated carbocycles. The summed E-state index contributed by atoms with van der Waals surface area (Å²) in [6.07, 6.45) is 0. The minimum atomic E-state index is -0.747. The summed E-state index contributed by atoms with van der Waals surface area (Å²) in [6, 6.07) is 9.05. The highest BCUT2D eigenvalue weighted by molar-refractivity contribution is 6.36. The second-order valence-corrected chi connectivity index (χ2v) is 8.19. The Balaban J connectivity index is 2.39. The van der Waals surface area contributed by atoms with Gasteiger partial charge in [0, 0.05) is 10.0 Å². The van der Waals surface area contributed by atoms with Crippen LogP contribution in [0.5, 0.6) is 0 Å². The monoisotopic (exact) mass is 432 g/mol. The zero-order chi connectivity index (χ0) is 19.6. The molecule has 0 atom stereocenters. The minimum absolute atomic E-state index is 0.151. The normalized spacial score (nSPS) is 11.2. The molecular weight excluding hydrogens is 418 g/mol. The van der Waals surface area contributed by atoms with Gasteiger partial charge in [-0.15, -0.1) is 0 Å². The fourth-order valence-corrected chi connectivity index (χ4v) is 2.88. The Morgan fingerprint density at radius 2 is 1.31 bits per heavy atom. The Labute approximate surface area is 171 Å². The zero-order valence-electron chi connectivity index (χ0n) is 14.2. The molecule has 0 radical (unpaired) electrons. The van der Waals surface area contributed by atoms with E-state index in [1.165, 1.54) is 29.3 Å². The van der Waals surface area contributed by atoms with Gasteiger partial charge in [0.05, 0.1) is 26.7 Å². The number of carbonyl (C=O) groups is 2. The first-order valence-electron chi connectivity index (χ1n) is 7.56. The first-order valence-corrected chi connectivity index (χ1v) is 9.07. The van der Waals surface area contributed by atoms with Crippen molar-refractivity contribution in [3.63, 3.8) is 0 Å². The lowest BCUT2D eigenvalue weighted by Crippen LogP contribution is -2.56. The molecule has 2 aromatic carbocycles. The van der Waals surface area contributed by atoms with Gasteiger partial charge in [0.2, 0.25) is 0 Å². The molecule has 0 aromatic heterocycles. The van der Waals surface area contributed by atoms with Gasteiger partial charge >= 0.3 is 0 Å². The number of hydrazine groups is 1. The summed E-state index contributed by atoms with van der Waals surface area (Å²) in [6.45, 7) is 5.30. The van der Waals surface area contributed by atoms with E-state index in [0.717, 1.165) is 0 Å². The van der Waals surface area contributed by atoms with Crippen LogP contribution in [0.1, 0.15) is 41.5 Å². The van der Waals surface area contributed by atoms with E-state index >= 15 is 0 Å². The van der Waals surface area contributed by atoms with E-state index in [2.05, 4.69) is 5.43 Å². The van der Waals surface area contributed by atoms with Crippen LogP contribution < -0.4 is 5.43 Å². The number of carbonyl (C=O) groups excluding carboxylic acids is 2. The van der Waals surface area contributed by atoms with E-state index in [-0.39, 0.29) is 21.2 Å². The summed E-state index contributed by atoms with van der Waals surface area (Å²) >= 11 is 24.1. The molecule has 0 aliphatic rings. The Bertz CT molecular complexity index is 863. The molecule has 0 aliphatic carbocycles. The first kappa shape index (κ1) is 20.8. The molecular formula is C18H16Cl4N2O2. The highest BCUT2D eigenvalue weighted by Gasteiger charge is 2.31. The van der Waals surface area contributed by atoms with Crippen LogP contribution in [-0.4, -0.2) is 22.4 Å². The highest BCUT2D eigenvalue weighted by atomic mass is 35.5. The van der Waals surface area contributed by atoms with Crippen molar-refractivity contribution >= 4 is 58.2 Å². The van der Waals surface area contributed by atoms with Crippen LogP contribution in [0.2, 0.25) is 20.1 Å². The molecule has 1 N–H and O–H groups in total. The number of hydrogen-bond acceptors (Lipinski definition) is 2. The van der Waals surface area contributed by atoms with Crippen LogP contribution in [0.25, 0.3) is 0 Å². The summed E-state index contributed by atoms with van der Waals surface area (Å²) in [7, 11) is 0. The van der Waals surface area contributed by atoms with E-state index < -0.39 is 17.4 Å². The van der Waals surface area contributed by atoms with E-state index in [9.17, 15) is 9.59 Å². The second kappa shape index (κ2) is 8.05. The third-order valence-electron chi connectivity index (χ3n) is 3.42. The van der Waals surface area contributed by atoms with Crippen molar-refractivity contribution in [2.75, 3.05) is 0 Å². The molecule has 0 spiro atoms. The summed E-state index contributed by atoms with van der Waals surface area (Å²) in [5.74, 6) is -1.07. The second-order valence-electron chi connectivity index (χ2n) is 6.50. The van der Waals surface area contributed by atoms with Crippen molar-refractivity contribution in [2.24, 2.45) is 0 Å². The fourth-order valence-electron chi connectivity index (χ4n) is 2.14. The van der Waals surface area contributed by atoms with Crippen molar-refractivity contribution < 1.29 is 9.59 Å². The molecule has 0 fully saturated rings. The maximum atomic E-state index is 13.0. The van der Waals surface area contributed by atoms with Gasteiger partial charge in [-0.3, -0.25) is 15.0 Å². The number of halogens is 4. The Hall–Kier alpha value is -1.46. The lowest BCUT2D eigenvalue weighted by atomic mass is 10.1. The van der Waals surface area contributed by atoms with Gasteiger partial charge in [-0.25, -0.2) is 5.01 Å². The van der Waals surface area contributed by atoms with Crippen molar-refractivity contribution in [2.45, 2.75) is 26.3 Å². The summed E-state index contributed by atoms with van der Waals surface area (Å²) in [5, 5.41) is 2.34. The summed E-state index contributed by atoms with van der Waals surface area (Å²) in [4.78, 5) is 25.6. The molecule has 0 aliphatic heterocycles. The topological polar surface area (TPSA) is 49.4 Å². The van der Waals surface area contributed by atoms with Gasteiger partial charge in [-0.05, 0) is 57.2 Å². The van der Waals surface area contributed by atoms with Gasteiger partial charge in [0.25, 0.3) is 11.8 Å². The quantitative estimate of drug-likeness (QED) is 0.600. The standard InChI is InChI=1S/C18H16Cl4N2O2/c1-18(2,3)24(17(26)13-9-11(20)5-7-15(13)22)23-16(25)12-8-10(19)4-6-14(12)21/h4-9H,1-3H3,(H,23,25). The molecule has 0 heterocycles. The smallest absolute Gasteiger partial charge is 0.267 e. The summed E-state index contributed by atoms with van der Waals surface area (Å²) < 4.78 is 0. The molecule has 4 nitrogen and oxygen atoms in total. The molecule has 2 amide bonds. The average Bonchev–Trinajstić information content (AvgIpc) is 2.55. The van der Waals surface area contributed by atoms with Crippen LogP contribution >= 0.6 is 46.4 Å². The molecule has 0 saturated heterocycles. The van der Waals surface area contributed by atoms with E-state index in [1.54, 1.807) is 32.9 Å². The van der Waals surface area contributed by atoms with Crippen molar-refractivity contribution in [3.8, 4) is 0 Å². The predicted octanol–water partition coefficient (Wildman–Crippen LogP) is 5.89. The van der Waals surface area contributed by atoms with Gasteiger partial charge in [-0.2, -0.15) is 0 Å². The molecule has 8 heteroatoms. The number of benzene rings is 2. The maximum absolute atomic E-state index is 13.0. The number of nitrogens with one attached hydrogen (secondary N) is 1. The van der Waals surface area contributed by atoms with E-state index in [1.807, 2.05) is 0 Å². The zero-order valence-corrected chi connectivity index (χ0v) is 17.3. The fraction of sp³-hybridized carbons (Fsp3) is 0.222. The molecule has 0 bridgehead atoms. The molecule has 2 rings (SSSR count). The molecule has 0 unspecified atom stereocenters. The van der Waals surface area contributed by atoms with Crippen molar-refractivity contribution in [1.29, 1.82) is 0 Å². The number of nitrogens with zero attached hydrogens (tertiary/aromatic N) is 1. The maximum Gasteiger partial charge on any atom is 0.274 e. The van der Waals surface area contributed by atoms with Gasteiger partial charge < -0.3 is 0 Å². The highest BCUT2D eigenvalue weighted by Crippen LogP contribution is 2.25. The number of amides is 2. The lowest BCUT2D eigenvalue weighted by Gasteiger charge is -2.35. The Morgan fingerprint density at radius 1 is 0.846 bits per heavy atom. The Morgan fingerprint density at radius 3 is 1.81 bits per heavy atom. The third kappa shape index (κ3) is 4.83. The minimum Gasteiger partial charge on any atom is -0.267 e. The largest absolute Gasteiger partial charge is 0.274 e. The van der Waals surface area contributed by atoms with Crippen LogP contribution in [-0.2, 0) is 0 Å². The van der Waals surface area contributed by atoms with Gasteiger partial charge in [0.1, 0.15) is 0 Å². The van der Waals surface area contributed by atoms with Crippen molar-refractivity contribution in [1.82, 2.24) is 10.4 Å². The molecule has 2 aromatic rings. The van der Waals surface area contributed by atoms with Crippen LogP contribution in [0.15, 0.2) is 36.4 Å². The Kier molecular flexibility index (Phi) is 6.46. The summed E-state index contributed by atoms with van der Waals surface area (Å²) in [5.41, 5.74) is 2.16. The van der Waals surface area contributed by atoms with E-state index in [0.29, 0.717) is 10.0 Å². The number of hydrogen-bond donors (Lipinski definition) is 1. The van der Waals surface area contributed by atoms with Crippen molar-refractivity contribution in [3.05, 3.63) is 67.6 Å². The first-order chi connectivity index (χ1) is 12.0. The van der Waals surface area contributed by atoms with Gasteiger partial charge in [-0.1, -0.05) is 46.4 Å². The lowest BCUT2D eigenvalue weighted by molar-refractivity contribution is 0.0359. The van der Waals surface area contributed by atoms with E-state index in [4.69, 9.17) is 46.4 Å². The van der Waals surface area contributed by atoms with Gasteiger partial charge in [0.15, 0.2) is 0 Å². The predicted molar refractivity (Wildman–Crippen MR) is 106 cm³/mol.